The maximum Gasteiger partial charge on any atom is 0.317 e. The third-order valence-electron chi connectivity index (χ3n) is 3.99. The molecule has 102 valence electrons. The van der Waals surface area contributed by atoms with Gasteiger partial charge in [-0.25, -0.2) is 4.79 Å². The average Bonchev–Trinajstić information content (AvgIpc) is 2.40. The molecule has 5 heteroatoms. The molecule has 2 N–H and O–H groups in total. The summed E-state index contributed by atoms with van der Waals surface area (Å²) in [7, 11) is 0. The van der Waals surface area contributed by atoms with E-state index in [0.717, 1.165) is 19.3 Å². The smallest absolute Gasteiger partial charge is 0.317 e. The molecule has 0 bridgehead atoms. The number of carbonyl (C=O) groups is 2. The number of urea groups is 1. The minimum Gasteiger partial charge on any atom is -0.481 e. The molecule has 2 rings (SSSR count). The summed E-state index contributed by atoms with van der Waals surface area (Å²) in [6.07, 6.45) is 7.21. The highest BCUT2D eigenvalue weighted by atomic mass is 16.4. The number of amides is 2. The summed E-state index contributed by atoms with van der Waals surface area (Å²) in [5.41, 5.74) is 0. The van der Waals surface area contributed by atoms with Gasteiger partial charge in [0.25, 0.3) is 0 Å². The van der Waals surface area contributed by atoms with E-state index in [-0.39, 0.29) is 12.1 Å². The minimum absolute atomic E-state index is 0.0761. The lowest BCUT2D eigenvalue weighted by Crippen LogP contribution is -2.50. The van der Waals surface area contributed by atoms with Gasteiger partial charge < -0.3 is 15.3 Å². The molecule has 1 saturated heterocycles. The fourth-order valence-corrected chi connectivity index (χ4v) is 2.88. The van der Waals surface area contributed by atoms with Gasteiger partial charge in [0.05, 0.1) is 5.92 Å². The Kier molecular flexibility index (Phi) is 4.44. The van der Waals surface area contributed by atoms with E-state index < -0.39 is 11.9 Å². The van der Waals surface area contributed by atoms with E-state index in [1.165, 1.54) is 19.3 Å². The van der Waals surface area contributed by atoms with Crippen molar-refractivity contribution in [2.45, 2.75) is 51.0 Å². The van der Waals surface area contributed by atoms with Crippen molar-refractivity contribution >= 4 is 12.0 Å². The Morgan fingerprint density at radius 1 is 1.06 bits per heavy atom. The van der Waals surface area contributed by atoms with E-state index in [4.69, 9.17) is 5.11 Å². The standard InChI is InChI=1S/C13H22N2O3/c16-12(17)10-5-4-8-15(9-10)13(18)14-11-6-2-1-3-7-11/h10-11H,1-9H2,(H,14,18)(H,16,17)/t10-/m1/s1. The van der Waals surface area contributed by atoms with Crippen molar-refractivity contribution < 1.29 is 14.7 Å². The molecule has 0 aromatic heterocycles. The van der Waals surface area contributed by atoms with Crippen LogP contribution in [0.2, 0.25) is 0 Å². The molecule has 1 aliphatic carbocycles. The van der Waals surface area contributed by atoms with E-state index in [1.807, 2.05) is 0 Å². The quantitative estimate of drug-likeness (QED) is 0.789. The van der Waals surface area contributed by atoms with Crippen LogP contribution in [0.4, 0.5) is 4.79 Å². The van der Waals surface area contributed by atoms with Crippen molar-refractivity contribution in [1.82, 2.24) is 10.2 Å². The monoisotopic (exact) mass is 254 g/mol. The lowest BCUT2D eigenvalue weighted by atomic mass is 9.95. The van der Waals surface area contributed by atoms with E-state index >= 15 is 0 Å². The number of nitrogens with zero attached hydrogens (tertiary/aromatic N) is 1. The second kappa shape index (κ2) is 6.07. The first kappa shape index (κ1) is 13.2. The van der Waals surface area contributed by atoms with Gasteiger partial charge in [0, 0.05) is 19.1 Å². The lowest BCUT2D eigenvalue weighted by molar-refractivity contribution is -0.143. The third kappa shape index (κ3) is 3.37. The number of carbonyl (C=O) groups excluding carboxylic acids is 1. The van der Waals surface area contributed by atoms with Crippen LogP contribution in [0.15, 0.2) is 0 Å². The number of hydrogen-bond acceptors (Lipinski definition) is 2. The number of likely N-dealkylation sites (tertiary alicyclic amines) is 1. The second-order valence-corrected chi connectivity index (χ2v) is 5.41. The van der Waals surface area contributed by atoms with Gasteiger partial charge in [-0.15, -0.1) is 0 Å². The minimum atomic E-state index is -0.787. The summed E-state index contributed by atoms with van der Waals surface area (Å²) in [4.78, 5) is 24.7. The Morgan fingerprint density at radius 2 is 1.78 bits per heavy atom. The van der Waals surface area contributed by atoms with Crippen LogP contribution in [-0.4, -0.2) is 41.1 Å². The topological polar surface area (TPSA) is 69.6 Å². The highest BCUT2D eigenvalue weighted by Crippen LogP contribution is 2.19. The second-order valence-electron chi connectivity index (χ2n) is 5.41. The molecule has 18 heavy (non-hydrogen) atoms. The van der Waals surface area contributed by atoms with Crippen LogP contribution in [-0.2, 0) is 4.79 Å². The molecular formula is C13H22N2O3. The Labute approximate surface area is 108 Å². The van der Waals surface area contributed by atoms with Crippen LogP contribution in [0.5, 0.6) is 0 Å². The Hall–Kier alpha value is -1.26. The van der Waals surface area contributed by atoms with Crippen LogP contribution in [0.1, 0.15) is 44.9 Å². The summed E-state index contributed by atoms with van der Waals surface area (Å²) < 4.78 is 0. The maximum atomic E-state index is 12.1. The van der Waals surface area contributed by atoms with Crippen LogP contribution >= 0.6 is 0 Å². The van der Waals surface area contributed by atoms with E-state index in [9.17, 15) is 9.59 Å². The molecule has 0 unspecified atom stereocenters. The van der Waals surface area contributed by atoms with Crippen LogP contribution in [0.25, 0.3) is 0 Å². The molecule has 2 fully saturated rings. The largest absolute Gasteiger partial charge is 0.481 e. The van der Waals surface area contributed by atoms with Crippen molar-refractivity contribution in [3.63, 3.8) is 0 Å². The van der Waals surface area contributed by atoms with Crippen LogP contribution in [0, 0.1) is 5.92 Å². The molecule has 5 nitrogen and oxygen atoms in total. The van der Waals surface area contributed by atoms with Crippen molar-refractivity contribution in [3.8, 4) is 0 Å². The van der Waals surface area contributed by atoms with E-state index in [2.05, 4.69) is 5.32 Å². The predicted molar refractivity (Wildman–Crippen MR) is 67.3 cm³/mol. The number of hydrogen-bond donors (Lipinski definition) is 2. The van der Waals surface area contributed by atoms with Gasteiger partial charge in [0.2, 0.25) is 0 Å². The summed E-state index contributed by atoms with van der Waals surface area (Å²) in [5.74, 6) is -1.18. The van der Waals surface area contributed by atoms with E-state index in [1.54, 1.807) is 4.90 Å². The van der Waals surface area contributed by atoms with Crippen molar-refractivity contribution in [3.05, 3.63) is 0 Å². The van der Waals surface area contributed by atoms with Gasteiger partial charge in [0.15, 0.2) is 0 Å². The maximum absolute atomic E-state index is 12.1. The molecule has 2 aliphatic rings. The zero-order valence-electron chi connectivity index (χ0n) is 10.7. The van der Waals surface area contributed by atoms with Crippen molar-refractivity contribution in [2.24, 2.45) is 5.92 Å². The fraction of sp³-hybridized carbons (Fsp3) is 0.846. The van der Waals surface area contributed by atoms with Gasteiger partial charge in [0.1, 0.15) is 0 Å². The zero-order chi connectivity index (χ0) is 13.0. The first-order valence-electron chi connectivity index (χ1n) is 6.95. The highest BCUT2D eigenvalue weighted by molar-refractivity contribution is 5.76. The first-order valence-corrected chi connectivity index (χ1v) is 6.95. The van der Waals surface area contributed by atoms with Gasteiger partial charge >= 0.3 is 12.0 Å². The number of rotatable bonds is 2. The number of nitrogens with one attached hydrogen (secondary N) is 1. The number of carboxylic acids is 1. The Balaban J connectivity index is 1.82. The summed E-state index contributed by atoms with van der Waals surface area (Å²) in [5, 5.41) is 12.0. The van der Waals surface area contributed by atoms with E-state index in [0.29, 0.717) is 19.5 Å². The first-order chi connectivity index (χ1) is 8.66. The van der Waals surface area contributed by atoms with Gasteiger partial charge in [-0.3, -0.25) is 4.79 Å². The molecule has 1 atom stereocenters. The van der Waals surface area contributed by atoms with Gasteiger partial charge in [-0.05, 0) is 25.7 Å². The Morgan fingerprint density at radius 3 is 2.44 bits per heavy atom. The van der Waals surface area contributed by atoms with Crippen molar-refractivity contribution in [1.29, 1.82) is 0 Å². The highest BCUT2D eigenvalue weighted by Gasteiger charge is 2.29. The average molecular weight is 254 g/mol. The summed E-state index contributed by atoms with van der Waals surface area (Å²) in [6.45, 7) is 1.04. The zero-order valence-corrected chi connectivity index (χ0v) is 10.7. The predicted octanol–water partition coefficient (Wildman–Crippen LogP) is 1.83. The molecule has 0 radical (unpaired) electrons. The normalized spacial score (nSPS) is 25.8. The third-order valence-corrected chi connectivity index (χ3v) is 3.99. The Bertz CT molecular complexity index is 313. The number of aliphatic carboxylic acids is 1. The number of carboxylic acid groups (broad SMARTS) is 1. The summed E-state index contributed by atoms with van der Waals surface area (Å²) >= 11 is 0. The fourth-order valence-electron chi connectivity index (χ4n) is 2.88. The van der Waals surface area contributed by atoms with Crippen LogP contribution in [0.3, 0.4) is 0 Å². The molecule has 0 aromatic rings. The molecule has 1 aliphatic heterocycles. The van der Waals surface area contributed by atoms with Gasteiger partial charge in [-0.1, -0.05) is 19.3 Å². The number of piperidine rings is 1. The molecular weight excluding hydrogens is 232 g/mol. The molecule has 1 heterocycles. The molecule has 2 amide bonds. The molecule has 1 saturated carbocycles. The van der Waals surface area contributed by atoms with Crippen LogP contribution < -0.4 is 5.32 Å². The summed E-state index contributed by atoms with van der Waals surface area (Å²) in [6, 6.07) is 0.212. The molecule has 0 spiro atoms. The molecule has 0 aromatic carbocycles. The van der Waals surface area contributed by atoms with Gasteiger partial charge in [-0.2, -0.15) is 0 Å². The van der Waals surface area contributed by atoms with Crippen molar-refractivity contribution in [2.75, 3.05) is 13.1 Å². The SMILES string of the molecule is O=C(O)[C@@H]1CCCN(C(=O)NC2CCCCC2)C1. The lowest BCUT2D eigenvalue weighted by Gasteiger charge is -2.33.